The van der Waals surface area contributed by atoms with Gasteiger partial charge in [0.25, 0.3) is 0 Å². The smallest absolute Gasteiger partial charge is 0.241 e. The van der Waals surface area contributed by atoms with Crippen LogP contribution in [0.25, 0.3) is 6.08 Å². The van der Waals surface area contributed by atoms with Crippen molar-refractivity contribution in [3.05, 3.63) is 70.8 Å². The van der Waals surface area contributed by atoms with Crippen molar-refractivity contribution in [2.75, 3.05) is 11.4 Å². The maximum atomic E-state index is 12.3. The molecule has 0 aromatic heterocycles. The SMILES string of the molecule is Cc1ccc(C=C[C@]23NC(=O)CN2c2ccc(C)cc2C3(C)C)cc1. The molecule has 0 unspecified atom stereocenters. The van der Waals surface area contributed by atoms with E-state index in [2.05, 4.69) is 92.5 Å². The lowest BCUT2D eigenvalue weighted by molar-refractivity contribution is -0.118. The molecule has 1 fully saturated rings. The van der Waals surface area contributed by atoms with Gasteiger partial charge in [-0.3, -0.25) is 4.79 Å². The van der Waals surface area contributed by atoms with E-state index in [1.54, 1.807) is 0 Å². The van der Waals surface area contributed by atoms with Gasteiger partial charge in [-0.05, 0) is 37.1 Å². The molecular formula is C22H24N2O. The molecule has 2 aliphatic rings. The van der Waals surface area contributed by atoms with Crippen molar-refractivity contribution in [1.82, 2.24) is 5.32 Å². The Kier molecular flexibility index (Phi) is 3.33. The van der Waals surface area contributed by atoms with Crippen LogP contribution in [0.15, 0.2) is 48.5 Å². The van der Waals surface area contributed by atoms with Gasteiger partial charge in [0, 0.05) is 11.1 Å². The number of aryl methyl sites for hydroxylation is 2. The normalized spacial score (nSPS) is 23.7. The highest BCUT2D eigenvalue weighted by Gasteiger charge is 2.59. The van der Waals surface area contributed by atoms with E-state index in [1.807, 2.05) is 0 Å². The molecule has 2 aromatic carbocycles. The number of amides is 1. The molecule has 2 aliphatic heterocycles. The molecule has 0 spiro atoms. The van der Waals surface area contributed by atoms with Crippen LogP contribution < -0.4 is 10.2 Å². The van der Waals surface area contributed by atoms with Crippen LogP contribution in [0.5, 0.6) is 0 Å². The van der Waals surface area contributed by atoms with Gasteiger partial charge in [-0.25, -0.2) is 0 Å². The largest absolute Gasteiger partial charge is 0.335 e. The third-order valence-electron chi connectivity index (χ3n) is 5.72. The van der Waals surface area contributed by atoms with Crippen molar-refractivity contribution in [3.63, 3.8) is 0 Å². The highest BCUT2D eigenvalue weighted by Crippen LogP contribution is 2.53. The zero-order valence-corrected chi connectivity index (χ0v) is 15.3. The van der Waals surface area contributed by atoms with Crippen LogP contribution in [0, 0.1) is 13.8 Å². The second kappa shape index (κ2) is 5.22. The van der Waals surface area contributed by atoms with E-state index in [0.717, 1.165) is 11.3 Å². The maximum absolute atomic E-state index is 12.3. The maximum Gasteiger partial charge on any atom is 0.241 e. The van der Waals surface area contributed by atoms with E-state index < -0.39 is 5.66 Å². The average molecular weight is 332 g/mol. The second-order valence-corrected chi connectivity index (χ2v) is 7.79. The van der Waals surface area contributed by atoms with E-state index >= 15 is 0 Å². The highest BCUT2D eigenvalue weighted by molar-refractivity contribution is 5.91. The van der Waals surface area contributed by atoms with Crippen LogP contribution >= 0.6 is 0 Å². The number of hydrogen-bond acceptors (Lipinski definition) is 2. The summed E-state index contributed by atoms with van der Waals surface area (Å²) >= 11 is 0. The lowest BCUT2D eigenvalue weighted by atomic mass is 9.75. The second-order valence-electron chi connectivity index (χ2n) is 7.79. The fourth-order valence-electron chi connectivity index (χ4n) is 4.18. The number of hydrogen-bond donors (Lipinski definition) is 1. The number of carbonyl (C=O) groups is 1. The lowest BCUT2D eigenvalue weighted by Gasteiger charge is -2.40. The molecule has 1 N–H and O–H groups in total. The van der Waals surface area contributed by atoms with Crippen molar-refractivity contribution >= 4 is 17.7 Å². The Labute approximate surface area is 149 Å². The molecule has 25 heavy (non-hydrogen) atoms. The molecule has 4 rings (SSSR count). The van der Waals surface area contributed by atoms with Crippen LogP contribution in [-0.2, 0) is 10.2 Å². The van der Waals surface area contributed by atoms with Gasteiger partial charge >= 0.3 is 0 Å². The molecule has 1 amide bonds. The Bertz CT molecular complexity index is 879. The van der Waals surface area contributed by atoms with Crippen molar-refractivity contribution in [1.29, 1.82) is 0 Å². The standard InChI is InChI=1S/C22H24N2O/c1-15-5-8-17(9-6-15)11-12-22-21(3,4)18-13-16(2)7-10-19(18)24(22)14-20(25)23-22/h5-13H,14H2,1-4H3,(H,23,25)/t22-/m0/s1. The molecule has 2 aromatic rings. The zero-order valence-electron chi connectivity index (χ0n) is 15.3. The fraction of sp³-hybridized carbons (Fsp3) is 0.318. The van der Waals surface area contributed by atoms with Crippen LogP contribution in [0.1, 0.15) is 36.1 Å². The molecule has 1 atom stereocenters. The highest BCUT2D eigenvalue weighted by atomic mass is 16.2. The van der Waals surface area contributed by atoms with Gasteiger partial charge in [-0.1, -0.05) is 67.4 Å². The molecule has 3 nitrogen and oxygen atoms in total. The molecule has 0 aliphatic carbocycles. The molecule has 128 valence electrons. The topological polar surface area (TPSA) is 32.3 Å². The summed E-state index contributed by atoms with van der Waals surface area (Å²) in [5, 5.41) is 3.27. The van der Waals surface area contributed by atoms with E-state index in [0.29, 0.717) is 6.54 Å². The minimum Gasteiger partial charge on any atom is -0.335 e. The number of rotatable bonds is 2. The first kappa shape index (κ1) is 15.9. The summed E-state index contributed by atoms with van der Waals surface area (Å²) in [6.07, 6.45) is 4.29. The first-order valence-corrected chi connectivity index (χ1v) is 8.79. The molecule has 0 bridgehead atoms. The predicted molar refractivity (Wildman–Crippen MR) is 103 cm³/mol. The number of benzene rings is 2. The minimum atomic E-state index is -0.523. The Morgan fingerprint density at radius 3 is 2.44 bits per heavy atom. The summed E-state index contributed by atoms with van der Waals surface area (Å²) in [7, 11) is 0. The van der Waals surface area contributed by atoms with Gasteiger partial charge in [-0.2, -0.15) is 0 Å². The first-order chi connectivity index (χ1) is 11.8. The van der Waals surface area contributed by atoms with Gasteiger partial charge in [-0.15, -0.1) is 0 Å². The summed E-state index contributed by atoms with van der Waals surface area (Å²) in [6, 6.07) is 15.0. The van der Waals surface area contributed by atoms with Crippen molar-refractivity contribution in [2.24, 2.45) is 0 Å². The Hall–Kier alpha value is -2.55. The summed E-state index contributed by atoms with van der Waals surface area (Å²) in [5.74, 6) is 0.0767. The minimum absolute atomic E-state index is 0.0767. The third kappa shape index (κ3) is 2.22. The monoisotopic (exact) mass is 332 g/mol. The summed E-state index contributed by atoms with van der Waals surface area (Å²) in [5.41, 5.74) is 5.34. The number of nitrogens with zero attached hydrogens (tertiary/aromatic N) is 1. The summed E-state index contributed by atoms with van der Waals surface area (Å²) in [4.78, 5) is 14.5. The van der Waals surface area contributed by atoms with E-state index in [-0.39, 0.29) is 11.3 Å². The van der Waals surface area contributed by atoms with Crippen LogP contribution in [0.4, 0.5) is 5.69 Å². The Morgan fingerprint density at radius 1 is 1.04 bits per heavy atom. The summed E-state index contributed by atoms with van der Waals surface area (Å²) < 4.78 is 0. The number of carbonyl (C=O) groups excluding carboxylic acids is 1. The quantitative estimate of drug-likeness (QED) is 0.903. The van der Waals surface area contributed by atoms with Crippen molar-refractivity contribution < 1.29 is 4.79 Å². The Balaban J connectivity index is 1.83. The third-order valence-corrected chi connectivity index (χ3v) is 5.72. The average Bonchev–Trinajstić information content (AvgIpc) is 2.99. The lowest BCUT2D eigenvalue weighted by Crippen LogP contribution is -2.58. The van der Waals surface area contributed by atoms with Crippen LogP contribution in [0.3, 0.4) is 0 Å². The molecular weight excluding hydrogens is 308 g/mol. The van der Waals surface area contributed by atoms with Gasteiger partial charge < -0.3 is 10.2 Å². The molecule has 2 heterocycles. The predicted octanol–water partition coefficient (Wildman–Crippen LogP) is 3.94. The van der Waals surface area contributed by atoms with E-state index in [4.69, 9.17) is 0 Å². The molecule has 0 saturated carbocycles. The van der Waals surface area contributed by atoms with Gasteiger partial charge in [0.2, 0.25) is 5.91 Å². The number of fused-ring (bicyclic) bond motifs is 3. The van der Waals surface area contributed by atoms with Gasteiger partial charge in [0.15, 0.2) is 0 Å². The zero-order chi connectivity index (χ0) is 17.8. The molecule has 0 radical (unpaired) electrons. The van der Waals surface area contributed by atoms with Crippen molar-refractivity contribution in [3.8, 4) is 0 Å². The first-order valence-electron chi connectivity index (χ1n) is 8.79. The number of anilines is 1. The molecule has 1 saturated heterocycles. The van der Waals surface area contributed by atoms with Crippen molar-refractivity contribution in [2.45, 2.75) is 38.8 Å². The number of nitrogens with one attached hydrogen (secondary N) is 1. The molecule has 3 heteroatoms. The van der Waals surface area contributed by atoms with E-state index in [1.165, 1.54) is 16.7 Å². The van der Waals surface area contributed by atoms with E-state index in [9.17, 15) is 4.79 Å². The van der Waals surface area contributed by atoms with Gasteiger partial charge in [0.05, 0.1) is 6.54 Å². The Morgan fingerprint density at radius 2 is 1.72 bits per heavy atom. The van der Waals surface area contributed by atoms with Crippen LogP contribution in [0.2, 0.25) is 0 Å². The van der Waals surface area contributed by atoms with Gasteiger partial charge in [0.1, 0.15) is 5.66 Å². The fourth-order valence-corrected chi connectivity index (χ4v) is 4.18. The van der Waals surface area contributed by atoms with Crippen LogP contribution in [-0.4, -0.2) is 18.1 Å². The summed E-state index contributed by atoms with van der Waals surface area (Å²) in [6.45, 7) is 9.04.